The number of hydrogen-bond acceptors (Lipinski definition) is 2. The fourth-order valence-electron chi connectivity index (χ4n) is 2.62. The second-order valence-electron chi connectivity index (χ2n) is 4.79. The van der Waals surface area contributed by atoms with E-state index in [0.29, 0.717) is 13.2 Å². The van der Waals surface area contributed by atoms with Crippen molar-refractivity contribution in [3.63, 3.8) is 0 Å². The lowest BCUT2D eigenvalue weighted by Crippen LogP contribution is -2.56. The second kappa shape index (κ2) is 3.94. The molecule has 1 aliphatic heterocycles. The van der Waals surface area contributed by atoms with E-state index in [1.54, 1.807) is 0 Å². The SMILES string of the molecule is CC(C)C(C(=O)O)C1(c2ccc[nH]2)COC1. The van der Waals surface area contributed by atoms with Crippen molar-refractivity contribution < 1.29 is 14.6 Å². The zero-order valence-electron chi connectivity index (χ0n) is 9.56. The zero-order valence-corrected chi connectivity index (χ0v) is 9.56. The largest absolute Gasteiger partial charge is 0.481 e. The summed E-state index contributed by atoms with van der Waals surface area (Å²) in [4.78, 5) is 14.5. The Hall–Kier alpha value is -1.29. The highest BCUT2D eigenvalue weighted by Gasteiger charge is 2.52. The van der Waals surface area contributed by atoms with E-state index in [1.165, 1.54) is 0 Å². The highest BCUT2D eigenvalue weighted by Crippen LogP contribution is 2.42. The van der Waals surface area contributed by atoms with Crippen molar-refractivity contribution in [3.05, 3.63) is 24.0 Å². The molecule has 88 valence electrons. The van der Waals surface area contributed by atoms with Gasteiger partial charge in [0.05, 0.1) is 24.5 Å². The molecule has 1 unspecified atom stereocenters. The topological polar surface area (TPSA) is 62.3 Å². The van der Waals surface area contributed by atoms with E-state index >= 15 is 0 Å². The van der Waals surface area contributed by atoms with Gasteiger partial charge in [0.1, 0.15) is 0 Å². The van der Waals surface area contributed by atoms with Crippen molar-refractivity contribution in [2.45, 2.75) is 19.3 Å². The number of ether oxygens (including phenoxy) is 1. The average molecular weight is 223 g/mol. The first-order valence-electron chi connectivity index (χ1n) is 5.52. The number of carboxylic acid groups (broad SMARTS) is 1. The van der Waals surface area contributed by atoms with E-state index in [0.717, 1.165) is 5.69 Å². The maximum Gasteiger partial charge on any atom is 0.307 e. The van der Waals surface area contributed by atoms with E-state index < -0.39 is 11.9 Å². The third-order valence-electron chi connectivity index (χ3n) is 3.38. The van der Waals surface area contributed by atoms with E-state index in [4.69, 9.17) is 4.74 Å². The van der Waals surface area contributed by atoms with Crippen molar-refractivity contribution >= 4 is 5.97 Å². The monoisotopic (exact) mass is 223 g/mol. The normalized spacial score (nSPS) is 20.4. The van der Waals surface area contributed by atoms with Crippen LogP contribution < -0.4 is 0 Å². The van der Waals surface area contributed by atoms with Crippen molar-refractivity contribution in [1.82, 2.24) is 4.98 Å². The molecule has 4 heteroatoms. The molecule has 1 aromatic heterocycles. The Balaban J connectivity index is 2.37. The fourth-order valence-corrected chi connectivity index (χ4v) is 2.62. The molecular formula is C12H17NO3. The van der Waals surface area contributed by atoms with Crippen LogP contribution in [0.5, 0.6) is 0 Å². The summed E-state index contributed by atoms with van der Waals surface area (Å²) in [6.45, 7) is 4.87. The molecule has 0 spiro atoms. The Labute approximate surface area is 94.6 Å². The van der Waals surface area contributed by atoms with Crippen LogP contribution in [0, 0.1) is 11.8 Å². The quantitative estimate of drug-likeness (QED) is 0.815. The molecule has 0 aromatic carbocycles. The average Bonchev–Trinajstić information content (AvgIpc) is 2.61. The van der Waals surface area contributed by atoms with Gasteiger partial charge in [-0.05, 0) is 18.1 Å². The van der Waals surface area contributed by atoms with Gasteiger partial charge in [-0.3, -0.25) is 4.79 Å². The van der Waals surface area contributed by atoms with Crippen molar-refractivity contribution in [1.29, 1.82) is 0 Å². The molecule has 0 saturated carbocycles. The first-order valence-corrected chi connectivity index (χ1v) is 5.52. The number of H-pyrrole nitrogens is 1. The van der Waals surface area contributed by atoms with Crippen LogP contribution >= 0.6 is 0 Å². The molecule has 1 atom stereocenters. The molecule has 2 N–H and O–H groups in total. The van der Waals surface area contributed by atoms with Gasteiger partial charge in [-0.25, -0.2) is 0 Å². The molecule has 1 aromatic rings. The number of aromatic nitrogens is 1. The maximum atomic E-state index is 11.4. The summed E-state index contributed by atoms with van der Waals surface area (Å²) in [5.41, 5.74) is 0.601. The third kappa shape index (κ3) is 1.53. The minimum atomic E-state index is -0.743. The Bertz CT molecular complexity index is 366. The summed E-state index contributed by atoms with van der Waals surface area (Å²) in [5, 5.41) is 9.37. The first kappa shape index (κ1) is 11.2. The molecule has 1 fully saturated rings. The van der Waals surface area contributed by atoms with Crippen molar-refractivity contribution in [2.24, 2.45) is 11.8 Å². The van der Waals surface area contributed by atoms with Gasteiger partial charge in [-0.2, -0.15) is 0 Å². The highest BCUT2D eigenvalue weighted by molar-refractivity contribution is 5.73. The van der Waals surface area contributed by atoms with Crippen LogP contribution in [-0.4, -0.2) is 29.3 Å². The predicted molar refractivity (Wildman–Crippen MR) is 59.3 cm³/mol. The molecule has 2 heterocycles. The molecule has 16 heavy (non-hydrogen) atoms. The first-order chi connectivity index (χ1) is 7.58. The number of aromatic amines is 1. The van der Waals surface area contributed by atoms with Gasteiger partial charge in [0.25, 0.3) is 0 Å². The lowest BCUT2D eigenvalue weighted by atomic mass is 9.66. The number of aliphatic carboxylic acids is 1. The molecule has 4 nitrogen and oxygen atoms in total. The molecule has 1 saturated heterocycles. The van der Waals surface area contributed by atoms with Crippen LogP contribution in [-0.2, 0) is 14.9 Å². The van der Waals surface area contributed by atoms with Crippen LogP contribution in [0.3, 0.4) is 0 Å². The van der Waals surface area contributed by atoms with E-state index in [9.17, 15) is 9.90 Å². The third-order valence-corrected chi connectivity index (χ3v) is 3.38. The van der Waals surface area contributed by atoms with Gasteiger partial charge in [-0.1, -0.05) is 13.8 Å². The summed E-state index contributed by atoms with van der Waals surface area (Å²) >= 11 is 0. The second-order valence-corrected chi connectivity index (χ2v) is 4.79. The summed E-state index contributed by atoms with van der Waals surface area (Å²) < 4.78 is 5.26. The number of hydrogen-bond donors (Lipinski definition) is 2. The van der Waals surface area contributed by atoms with E-state index in [1.807, 2.05) is 32.2 Å². The minimum absolute atomic E-state index is 0.0877. The minimum Gasteiger partial charge on any atom is -0.481 e. The van der Waals surface area contributed by atoms with E-state index in [-0.39, 0.29) is 11.3 Å². The summed E-state index contributed by atoms with van der Waals surface area (Å²) in [6.07, 6.45) is 1.83. The number of carboxylic acids is 1. The Kier molecular flexibility index (Phi) is 2.76. The maximum absolute atomic E-state index is 11.4. The smallest absolute Gasteiger partial charge is 0.307 e. The van der Waals surface area contributed by atoms with Crippen LogP contribution in [0.25, 0.3) is 0 Å². The van der Waals surface area contributed by atoms with Crippen LogP contribution in [0.2, 0.25) is 0 Å². The molecule has 1 aliphatic rings. The Morgan fingerprint density at radius 2 is 2.25 bits per heavy atom. The Morgan fingerprint density at radius 3 is 2.56 bits per heavy atom. The number of rotatable bonds is 4. The van der Waals surface area contributed by atoms with Crippen molar-refractivity contribution in [3.8, 4) is 0 Å². The lowest BCUT2D eigenvalue weighted by molar-refractivity contribution is -0.161. The summed E-state index contributed by atoms with van der Waals surface area (Å²) in [6, 6.07) is 3.84. The molecule has 0 bridgehead atoms. The summed E-state index contributed by atoms with van der Waals surface area (Å²) in [7, 11) is 0. The van der Waals surface area contributed by atoms with Crippen molar-refractivity contribution in [2.75, 3.05) is 13.2 Å². The van der Waals surface area contributed by atoms with E-state index in [2.05, 4.69) is 4.98 Å². The number of carbonyl (C=O) groups is 1. The summed E-state index contributed by atoms with van der Waals surface area (Å²) in [5.74, 6) is -1.06. The van der Waals surface area contributed by atoms with Gasteiger partial charge >= 0.3 is 5.97 Å². The van der Waals surface area contributed by atoms with Gasteiger partial charge in [0.15, 0.2) is 0 Å². The molecule has 2 rings (SSSR count). The van der Waals surface area contributed by atoms with Gasteiger partial charge in [-0.15, -0.1) is 0 Å². The number of nitrogens with one attached hydrogen (secondary N) is 1. The zero-order chi connectivity index (χ0) is 11.8. The highest BCUT2D eigenvalue weighted by atomic mass is 16.5. The van der Waals surface area contributed by atoms with Gasteiger partial charge in [0.2, 0.25) is 0 Å². The van der Waals surface area contributed by atoms with Crippen LogP contribution in [0.1, 0.15) is 19.5 Å². The lowest BCUT2D eigenvalue weighted by Gasteiger charge is -2.46. The molecule has 0 amide bonds. The Morgan fingerprint density at radius 1 is 1.56 bits per heavy atom. The standard InChI is InChI=1S/C12H17NO3/c1-8(2)10(11(14)15)12(6-16-7-12)9-4-3-5-13-9/h3-5,8,10,13H,6-7H2,1-2H3,(H,14,15). The predicted octanol–water partition coefficient (Wildman–Crippen LogP) is 1.64. The molecule has 0 radical (unpaired) electrons. The molecule has 0 aliphatic carbocycles. The van der Waals surface area contributed by atoms with Gasteiger partial charge in [0, 0.05) is 11.9 Å². The van der Waals surface area contributed by atoms with Crippen LogP contribution in [0.15, 0.2) is 18.3 Å². The van der Waals surface area contributed by atoms with Gasteiger partial charge < -0.3 is 14.8 Å². The fraction of sp³-hybridized carbons (Fsp3) is 0.583. The molecular weight excluding hydrogens is 206 g/mol. The van der Waals surface area contributed by atoms with Crippen LogP contribution in [0.4, 0.5) is 0 Å².